The van der Waals surface area contributed by atoms with Gasteiger partial charge in [-0.05, 0) is 36.7 Å². The molecule has 2 aliphatic rings. The fourth-order valence-corrected chi connectivity index (χ4v) is 4.45. The molecule has 1 N–H and O–H groups in total. The Hall–Kier alpha value is -2.06. The van der Waals surface area contributed by atoms with Crippen LogP contribution < -0.4 is 4.90 Å². The van der Waals surface area contributed by atoms with Crippen molar-refractivity contribution in [3.05, 3.63) is 59.5 Å². The van der Waals surface area contributed by atoms with Crippen LogP contribution in [0.1, 0.15) is 17.5 Å². The molecular formula is C23H31FN4O2. The molecular weight excluding hydrogens is 383 g/mol. The van der Waals surface area contributed by atoms with E-state index in [2.05, 4.69) is 39.0 Å². The fourth-order valence-electron chi connectivity index (χ4n) is 4.45. The molecule has 3 heterocycles. The van der Waals surface area contributed by atoms with E-state index in [1.165, 1.54) is 23.4 Å². The van der Waals surface area contributed by atoms with E-state index in [1.807, 2.05) is 11.9 Å². The monoisotopic (exact) mass is 414 g/mol. The predicted molar refractivity (Wildman–Crippen MR) is 115 cm³/mol. The third kappa shape index (κ3) is 5.55. The molecule has 2 aromatic rings. The topological polar surface area (TPSA) is 52.1 Å². The second-order valence-electron chi connectivity index (χ2n) is 8.61. The highest BCUT2D eigenvalue weighted by molar-refractivity contribution is 5.40. The number of pyridine rings is 1. The number of β-amino-alcohol motifs (C(OH)–C–C–N with tert-alkyl or cyclic N) is 1. The van der Waals surface area contributed by atoms with Gasteiger partial charge in [-0.3, -0.25) is 9.80 Å². The molecule has 1 atom stereocenters. The Morgan fingerprint density at radius 1 is 1.17 bits per heavy atom. The lowest BCUT2D eigenvalue weighted by Gasteiger charge is -2.29. The van der Waals surface area contributed by atoms with Gasteiger partial charge in [-0.15, -0.1) is 0 Å². The van der Waals surface area contributed by atoms with E-state index in [9.17, 15) is 9.50 Å². The van der Waals surface area contributed by atoms with Gasteiger partial charge in [-0.25, -0.2) is 9.37 Å². The molecule has 1 aromatic heterocycles. The Morgan fingerprint density at radius 3 is 2.73 bits per heavy atom. The highest BCUT2D eigenvalue weighted by Gasteiger charge is 2.37. The Morgan fingerprint density at radius 2 is 1.97 bits per heavy atom. The normalized spacial score (nSPS) is 22.7. The lowest BCUT2D eigenvalue weighted by Crippen LogP contribution is -2.43. The third-order valence-electron chi connectivity index (χ3n) is 5.89. The molecule has 0 aliphatic carbocycles. The zero-order valence-electron chi connectivity index (χ0n) is 17.6. The van der Waals surface area contributed by atoms with E-state index < -0.39 is 5.60 Å². The lowest BCUT2D eigenvalue weighted by molar-refractivity contribution is 0.0279. The quantitative estimate of drug-likeness (QED) is 0.749. The van der Waals surface area contributed by atoms with E-state index in [-0.39, 0.29) is 5.82 Å². The molecule has 6 nitrogen and oxygen atoms in total. The summed E-state index contributed by atoms with van der Waals surface area (Å²) in [5, 5.41) is 11.1. The summed E-state index contributed by atoms with van der Waals surface area (Å²) in [5.74, 6) is 0.370. The molecule has 0 saturated carbocycles. The molecule has 0 bridgehead atoms. The zero-order chi connectivity index (χ0) is 21.0. The number of aromatic nitrogens is 1. The van der Waals surface area contributed by atoms with E-state index in [0.717, 1.165) is 45.9 Å². The molecule has 30 heavy (non-hydrogen) atoms. The number of hydrogen-bond donors (Lipinski definition) is 1. The molecule has 4 rings (SSSR count). The molecule has 1 aromatic carbocycles. The largest absolute Gasteiger partial charge is 0.387 e. The molecule has 2 saturated heterocycles. The third-order valence-corrected chi connectivity index (χ3v) is 5.89. The number of ether oxygens (including phenoxy) is 1. The summed E-state index contributed by atoms with van der Waals surface area (Å²) >= 11 is 0. The number of aliphatic hydroxyl groups is 1. The van der Waals surface area contributed by atoms with Crippen molar-refractivity contribution in [2.45, 2.75) is 25.1 Å². The maximum absolute atomic E-state index is 13.1. The van der Waals surface area contributed by atoms with Crippen molar-refractivity contribution in [3.8, 4) is 0 Å². The summed E-state index contributed by atoms with van der Waals surface area (Å²) in [5.41, 5.74) is 1.77. The van der Waals surface area contributed by atoms with Crippen LogP contribution in [0.2, 0.25) is 0 Å². The fraction of sp³-hybridized carbons (Fsp3) is 0.522. The van der Waals surface area contributed by atoms with Crippen molar-refractivity contribution in [1.29, 1.82) is 0 Å². The van der Waals surface area contributed by atoms with Gasteiger partial charge in [0.2, 0.25) is 0 Å². The summed E-state index contributed by atoms with van der Waals surface area (Å²) in [6.07, 6.45) is 1.90. The Kier molecular flexibility index (Phi) is 6.63. The number of rotatable bonds is 7. The van der Waals surface area contributed by atoms with Crippen LogP contribution in [0.3, 0.4) is 0 Å². The number of halogens is 1. The van der Waals surface area contributed by atoms with Crippen molar-refractivity contribution in [2.24, 2.45) is 0 Å². The van der Waals surface area contributed by atoms with Gasteiger partial charge in [0.25, 0.3) is 0 Å². The maximum atomic E-state index is 13.1. The van der Waals surface area contributed by atoms with Crippen molar-refractivity contribution in [1.82, 2.24) is 14.8 Å². The minimum absolute atomic E-state index is 0.344. The number of nitrogens with zero attached hydrogens (tertiary/aromatic N) is 4. The molecule has 0 spiro atoms. The smallest absolute Gasteiger partial charge is 0.141 e. The number of hydrogen-bond acceptors (Lipinski definition) is 6. The van der Waals surface area contributed by atoms with Crippen LogP contribution in [0.25, 0.3) is 0 Å². The first kappa shape index (κ1) is 21.2. The highest BCUT2D eigenvalue weighted by Crippen LogP contribution is 2.26. The minimum Gasteiger partial charge on any atom is -0.387 e. The summed E-state index contributed by atoms with van der Waals surface area (Å²) in [6.45, 7) is 7.13. The average Bonchev–Trinajstić information content (AvgIpc) is 3.11. The van der Waals surface area contributed by atoms with Gasteiger partial charge in [0, 0.05) is 45.8 Å². The number of benzene rings is 1. The summed E-state index contributed by atoms with van der Waals surface area (Å²) in [6, 6.07) is 11.8. The second kappa shape index (κ2) is 9.39. The van der Waals surface area contributed by atoms with Gasteiger partial charge in [0.1, 0.15) is 11.6 Å². The van der Waals surface area contributed by atoms with Crippen molar-refractivity contribution >= 4 is 5.82 Å². The zero-order valence-corrected chi connectivity index (χ0v) is 17.6. The van der Waals surface area contributed by atoms with Crippen LogP contribution in [0.4, 0.5) is 10.2 Å². The van der Waals surface area contributed by atoms with Gasteiger partial charge in [-0.2, -0.15) is 0 Å². The molecule has 2 fully saturated rings. The molecule has 0 unspecified atom stereocenters. The van der Waals surface area contributed by atoms with Crippen LogP contribution >= 0.6 is 0 Å². The number of likely N-dealkylation sites (N-methyl/N-ethyl adjacent to an activating group) is 1. The van der Waals surface area contributed by atoms with Gasteiger partial charge >= 0.3 is 0 Å². The van der Waals surface area contributed by atoms with Crippen LogP contribution in [-0.4, -0.2) is 78.5 Å². The molecule has 7 heteroatoms. The standard InChI is InChI=1S/C23H31FN4O2/c1-26(15-19-3-2-4-20(13-19)16-27-9-11-30-12-10-27)17-23(29)7-8-28(18-23)22-6-5-21(24)14-25-22/h2-6,13-14,29H,7-12,15-18H2,1H3/t23-/m0/s1. The predicted octanol–water partition coefficient (Wildman–Crippen LogP) is 2.13. The molecule has 162 valence electrons. The SMILES string of the molecule is CN(Cc1cccc(CN2CCOCC2)c1)C[C@@]1(O)CCN(c2ccc(F)cn2)C1. The lowest BCUT2D eigenvalue weighted by atomic mass is 10.0. The van der Waals surface area contributed by atoms with Crippen molar-refractivity contribution in [2.75, 3.05) is 57.9 Å². The van der Waals surface area contributed by atoms with Crippen LogP contribution in [-0.2, 0) is 17.8 Å². The van der Waals surface area contributed by atoms with Crippen molar-refractivity contribution in [3.63, 3.8) is 0 Å². The Bertz CT molecular complexity index is 828. The summed E-state index contributed by atoms with van der Waals surface area (Å²) in [4.78, 5) is 10.8. The summed E-state index contributed by atoms with van der Waals surface area (Å²) < 4.78 is 18.6. The maximum Gasteiger partial charge on any atom is 0.141 e. The van der Waals surface area contributed by atoms with E-state index >= 15 is 0 Å². The first-order valence-corrected chi connectivity index (χ1v) is 10.6. The number of anilines is 1. The molecule has 0 radical (unpaired) electrons. The molecule has 0 amide bonds. The van der Waals surface area contributed by atoms with Crippen LogP contribution in [0.15, 0.2) is 42.6 Å². The van der Waals surface area contributed by atoms with Crippen LogP contribution in [0.5, 0.6) is 0 Å². The van der Waals surface area contributed by atoms with E-state index in [4.69, 9.17) is 4.74 Å². The first-order valence-electron chi connectivity index (χ1n) is 10.6. The molecule has 2 aliphatic heterocycles. The second-order valence-corrected chi connectivity index (χ2v) is 8.61. The highest BCUT2D eigenvalue weighted by atomic mass is 19.1. The Labute approximate surface area is 177 Å². The van der Waals surface area contributed by atoms with E-state index in [1.54, 1.807) is 6.07 Å². The van der Waals surface area contributed by atoms with Crippen molar-refractivity contribution < 1.29 is 14.2 Å². The van der Waals surface area contributed by atoms with E-state index in [0.29, 0.717) is 25.3 Å². The number of morpholine rings is 1. The van der Waals surface area contributed by atoms with Gasteiger partial charge in [0.15, 0.2) is 0 Å². The average molecular weight is 415 g/mol. The van der Waals surface area contributed by atoms with Gasteiger partial charge in [-0.1, -0.05) is 24.3 Å². The first-order chi connectivity index (χ1) is 14.5. The van der Waals surface area contributed by atoms with Gasteiger partial charge in [0.05, 0.1) is 25.0 Å². The van der Waals surface area contributed by atoms with Crippen LogP contribution in [0, 0.1) is 5.82 Å². The Balaban J connectivity index is 1.31. The minimum atomic E-state index is -0.795. The van der Waals surface area contributed by atoms with Gasteiger partial charge < -0.3 is 14.7 Å². The summed E-state index contributed by atoms with van der Waals surface area (Å²) in [7, 11) is 2.05.